The molecule has 0 spiro atoms. The van der Waals surface area contributed by atoms with Crippen LogP contribution in [0.25, 0.3) is 0 Å². The zero-order valence-corrected chi connectivity index (χ0v) is 11.6. The average molecular weight is 282 g/mol. The summed E-state index contributed by atoms with van der Waals surface area (Å²) in [5, 5.41) is 3.71. The van der Waals surface area contributed by atoms with E-state index in [4.69, 9.17) is 4.52 Å². The van der Waals surface area contributed by atoms with Crippen molar-refractivity contribution in [2.75, 3.05) is 13.1 Å². The van der Waals surface area contributed by atoms with E-state index in [0.29, 0.717) is 17.5 Å². The Morgan fingerprint density at radius 1 is 1.26 bits per heavy atom. The van der Waals surface area contributed by atoms with Gasteiger partial charge in [-0.05, 0) is 42.9 Å². The number of rotatable bonds is 3. The van der Waals surface area contributed by atoms with Crippen LogP contribution in [0.2, 0.25) is 0 Å². The van der Waals surface area contributed by atoms with Gasteiger partial charge in [-0.3, -0.25) is 0 Å². The summed E-state index contributed by atoms with van der Waals surface area (Å²) in [5.41, 5.74) is 0.500. The molecular weight excluding hydrogens is 264 g/mol. The molecule has 0 amide bonds. The van der Waals surface area contributed by atoms with Gasteiger partial charge in [-0.2, -0.15) is 0 Å². The predicted molar refractivity (Wildman–Crippen MR) is 68.5 cm³/mol. The SMILES string of the molecule is O=S(=O)(Cc1ccon1)N1CC2C3CCC(C3)C2C1. The number of sulfonamides is 1. The molecule has 0 N–H and O–H groups in total. The average Bonchev–Trinajstić information content (AvgIpc) is 3.11. The number of nitrogens with zero attached hydrogens (tertiary/aromatic N) is 2. The first-order valence-electron chi connectivity index (χ1n) is 7.00. The fraction of sp³-hybridized carbons (Fsp3) is 0.769. The molecule has 19 heavy (non-hydrogen) atoms. The topological polar surface area (TPSA) is 63.4 Å². The molecule has 6 heteroatoms. The fourth-order valence-electron chi connectivity index (χ4n) is 4.46. The minimum absolute atomic E-state index is 0.0295. The largest absolute Gasteiger partial charge is 0.364 e. The maximum absolute atomic E-state index is 12.4. The van der Waals surface area contributed by atoms with E-state index < -0.39 is 10.0 Å². The van der Waals surface area contributed by atoms with Crippen LogP contribution in [-0.4, -0.2) is 31.0 Å². The molecule has 2 bridgehead atoms. The number of hydrogen-bond donors (Lipinski definition) is 0. The monoisotopic (exact) mass is 282 g/mol. The molecule has 1 aromatic heterocycles. The molecule has 2 heterocycles. The minimum Gasteiger partial charge on any atom is -0.364 e. The summed E-state index contributed by atoms with van der Waals surface area (Å²) in [6.45, 7) is 1.46. The summed E-state index contributed by atoms with van der Waals surface area (Å²) in [6.07, 6.45) is 5.38. The second-order valence-corrected chi connectivity index (χ2v) is 8.19. The van der Waals surface area contributed by atoms with Gasteiger partial charge in [0, 0.05) is 19.2 Å². The Bertz CT molecular complexity index is 551. The highest BCUT2D eigenvalue weighted by Gasteiger charge is 2.53. The number of hydrogen-bond acceptors (Lipinski definition) is 4. The Hall–Kier alpha value is -0.880. The van der Waals surface area contributed by atoms with E-state index in [1.807, 2.05) is 0 Å². The summed E-state index contributed by atoms with van der Waals surface area (Å²) in [7, 11) is -3.23. The predicted octanol–water partition coefficient (Wildman–Crippen LogP) is 1.48. The lowest BCUT2D eigenvalue weighted by Gasteiger charge is -2.22. The first-order valence-corrected chi connectivity index (χ1v) is 8.61. The van der Waals surface area contributed by atoms with Gasteiger partial charge < -0.3 is 4.52 Å². The fourth-order valence-corrected chi connectivity index (χ4v) is 5.96. The second kappa shape index (κ2) is 4.06. The molecule has 2 aliphatic carbocycles. The maximum atomic E-state index is 12.4. The van der Waals surface area contributed by atoms with Crippen molar-refractivity contribution in [3.8, 4) is 0 Å². The van der Waals surface area contributed by atoms with Gasteiger partial charge in [-0.1, -0.05) is 5.16 Å². The molecule has 4 unspecified atom stereocenters. The first-order chi connectivity index (χ1) is 9.13. The minimum atomic E-state index is -3.23. The van der Waals surface area contributed by atoms with Crippen molar-refractivity contribution in [3.63, 3.8) is 0 Å². The van der Waals surface area contributed by atoms with E-state index in [-0.39, 0.29) is 5.75 Å². The van der Waals surface area contributed by atoms with Gasteiger partial charge >= 0.3 is 0 Å². The van der Waals surface area contributed by atoms with Gasteiger partial charge in [-0.25, -0.2) is 12.7 Å². The van der Waals surface area contributed by atoms with Gasteiger partial charge in [0.2, 0.25) is 10.0 Å². The summed E-state index contributed by atoms with van der Waals surface area (Å²) in [5.74, 6) is 2.76. The molecule has 3 fully saturated rings. The van der Waals surface area contributed by atoms with Crippen molar-refractivity contribution in [1.82, 2.24) is 9.46 Å². The summed E-state index contributed by atoms with van der Waals surface area (Å²) in [6, 6.07) is 1.62. The highest BCUT2D eigenvalue weighted by molar-refractivity contribution is 7.88. The zero-order chi connectivity index (χ0) is 13.0. The van der Waals surface area contributed by atoms with Gasteiger partial charge in [0.05, 0.1) is 5.69 Å². The lowest BCUT2D eigenvalue weighted by molar-refractivity contribution is 0.281. The molecule has 104 valence electrons. The van der Waals surface area contributed by atoms with Crippen LogP contribution < -0.4 is 0 Å². The zero-order valence-electron chi connectivity index (χ0n) is 10.7. The molecule has 1 aliphatic heterocycles. The Kier molecular flexibility index (Phi) is 2.54. The summed E-state index contributed by atoms with van der Waals surface area (Å²) >= 11 is 0. The van der Waals surface area contributed by atoms with E-state index in [9.17, 15) is 8.42 Å². The van der Waals surface area contributed by atoms with Crippen LogP contribution in [0, 0.1) is 23.7 Å². The van der Waals surface area contributed by atoms with Gasteiger partial charge in [0.25, 0.3) is 0 Å². The van der Waals surface area contributed by atoms with Crippen molar-refractivity contribution < 1.29 is 12.9 Å². The Morgan fingerprint density at radius 2 is 1.95 bits per heavy atom. The molecule has 0 radical (unpaired) electrons. The molecular formula is C13H18N2O3S. The van der Waals surface area contributed by atoms with Crippen LogP contribution in [0.4, 0.5) is 0 Å². The summed E-state index contributed by atoms with van der Waals surface area (Å²) in [4.78, 5) is 0. The third kappa shape index (κ3) is 1.84. The van der Waals surface area contributed by atoms with E-state index in [1.165, 1.54) is 25.5 Å². The molecule has 1 aromatic rings. The summed E-state index contributed by atoms with van der Waals surface area (Å²) < 4.78 is 31.2. The highest BCUT2D eigenvalue weighted by Crippen LogP contribution is 2.55. The maximum Gasteiger partial charge on any atom is 0.219 e. The Balaban J connectivity index is 1.52. The van der Waals surface area contributed by atoms with Crippen LogP contribution in [0.5, 0.6) is 0 Å². The lowest BCUT2D eigenvalue weighted by atomic mass is 9.82. The quantitative estimate of drug-likeness (QED) is 0.842. The standard InChI is InChI=1S/C13H18N2O3S/c16-19(17,8-11-3-4-18-14-11)15-6-12-9-1-2-10(5-9)13(12)7-15/h3-4,9-10,12-13H,1-2,5-8H2. The van der Waals surface area contributed by atoms with Crippen LogP contribution in [0.1, 0.15) is 25.0 Å². The normalized spacial score (nSPS) is 37.9. The lowest BCUT2D eigenvalue weighted by Crippen LogP contribution is -2.31. The van der Waals surface area contributed by atoms with Crippen molar-refractivity contribution in [2.24, 2.45) is 23.7 Å². The van der Waals surface area contributed by atoms with Gasteiger partial charge in [-0.15, -0.1) is 0 Å². The van der Waals surface area contributed by atoms with Crippen LogP contribution in [0.15, 0.2) is 16.9 Å². The van der Waals surface area contributed by atoms with E-state index in [1.54, 1.807) is 10.4 Å². The highest BCUT2D eigenvalue weighted by atomic mass is 32.2. The Labute approximate surface area is 113 Å². The molecule has 0 aromatic carbocycles. The van der Waals surface area contributed by atoms with Crippen LogP contribution >= 0.6 is 0 Å². The smallest absolute Gasteiger partial charge is 0.219 e. The van der Waals surface area contributed by atoms with E-state index in [2.05, 4.69) is 5.16 Å². The number of fused-ring (bicyclic) bond motifs is 5. The Morgan fingerprint density at radius 3 is 2.53 bits per heavy atom. The third-order valence-corrected chi connectivity index (χ3v) is 7.06. The van der Waals surface area contributed by atoms with Gasteiger partial charge in [0.1, 0.15) is 12.0 Å². The van der Waals surface area contributed by atoms with Crippen LogP contribution in [-0.2, 0) is 15.8 Å². The van der Waals surface area contributed by atoms with E-state index >= 15 is 0 Å². The molecule has 3 aliphatic rings. The molecule has 1 saturated heterocycles. The molecule has 4 rings (SSSR count). The first kappa shape index (κ1) is 11.9. The molecule has 5 nitrogen and oxygen atoms in total. The van der Waals surface area contributed by atoms with Gasteiger partial charge in [0.15, 0.2) is 0 Å². The van der Waals surface area contributed by atoms with Crippen LogP contribution in [0.3, 0.4) is 0 Å². The third-order valence-electron chi connectivity index (χ3n) is 5.32. The van der Waals surface area contributed by atoms with E-state index in [0.717, 1.165) is 24.9 Å². The van der Waals surface area contributed by atoms with Crippen molar-refractivity contribution in [3.05, 3.63) is 18.0 Å². The second-order valence-electron chi connectivity index (χ2n) is 6.22. The molecule has 4 atom stereocenters. The molecule has 2 saturated carbocycles. The van der Waals surface area contributed by atoms with Crippen molar-refractivity contribution in [1.29, 1.82) is 0 Å². The van der Waals surface area contributed by atoms with Crippen molar-refractivity contribution in [2.45, 2.75) is 25.0 Å². The number of aromatic nitrogens is 1. The van der Waals surface area contributed by atoms with Crippen molar-refractivity contribution >= 4 is 10.0 Å².